The molecule has 7 heteroatoms. The fourth-order valence-electron chi connectivity index (χ4n) is 3.97. The third-order valence-electron chi connectivity index (χ3n) is 5.65. The van der Waals surface area contributed by atoms with Crippen molar-refractivity contribution in [3.8, 4) is 0 Å². The van der Waals surface area contributed by atoms with Crippen molar-refractivity contribution in [2.24, 2.45) is 5.92 Å². The van der Waals surface area contributed by atoms with Gasteiger partial charge in [0.05, 0.1) is 6.26 Å². The van der Waals surface area contributed by atoms with Gasteiger partial charge >= 0.3 is 0 Å². The SMILES string of the molecule is CC(NC(=O)c1ccco1)C(=O)N1CCN(C(=O)CCC2CCCC2)CC1. The Morgan fingerprint density at radius 3 is 2.44 bits per heavy atom. The van der Waals surface area contributed by atoms with Crippen molar-refractivity contribution < 1.29 is 18.8 Å². The summed E-state index contributed by atoms with van der Waals surface area (Å²) >= 11 is 0. The molecule has 1 aromatic rings. The minimum Gasteiger partial charge on any atom is -0.459 e. The van der Waals surface area contributed by atoms with Crippen molar-refractivity contribution in [1.29, 1.82) is 0 Å². The molecule has 3 amide bonds. The first-order valence-electron chi connectivity index (χ1n) is 9.95. The Hall–Kier alpha value is -2.31. The number of carbonyl (C=O) groups is 3. The second-order valence-electron chi connectivity index (χ2n) is 7.57. The van der Waals surface area contributed by atoms with Crippen LogP contribution < -0.4 is 5.32 Å². The van der Waals surface area contributed by atoms with Gasteiger partial charge in [0.15, 0.2) is 5.76 Å². The van der Waals surface area contributed by atoms with Crippen LogP contribution in [0.5, 0.6) is 0 Å². The predicted octanol–water partition coefficient (Wildman–Crippen LogP) is 2.04. The fraction of sp³-hybridized carbons (Fsp3) is 0.650. The van der Waals surface area contributed by atoms with Gasteiger partial charge in [-0.1, -0.05) is 25.7 Å². The topological polar surface area (TPSA) is 82.9 Å². The highest BCUT2D eigenvalue weighted by atomic mass is 16.3. The molecule has 0 bridgehead atoms. The molecule has 1 N–H and O–H groups in total. The number of piperazine rings is 1. The standard InChI is InChI=1S/C20H29N3O4/c1-15(21-19(25)17-7-4-14-27-17)20(26)23-12-10-22(11-13-23)18(24)9-8-16-5-2-3-6-16/h4,7,14-16H,2-3,5-6,8-13H2,1H3,(H,21,25). The van der Waals surface area contributed by atoms with E-state index < -0.39 is 11.9 Å². The summed E-state index contributed by atoms with van der Waals surface area (Å²) < 4.78 is 5.04. The van der Waals surface area contributed by atoms with Crippen LogP contribution in [0.2, 0.25) is 0 Å². The maximum Gasteiger partial charge on any atom is 0.287 e. The van der Waals surface area contributed by atoms with Crippen molar-refractivity contribution in [2.75, 3.05) is 26.2 Å². The van der Waals surface area contributed by atoms with Crippen LogP contribution in [0.4, 0.5) is 0 Å². The summed E-state index contributed by atoms with van der Waals surface area (Å²) in [4.78, 5) is 40.5. The molecule has 2 fully saturated rings. The maximum absolute atomic E-state index is 12.6. The zero-order chi connectivity index (χ0) is 19.2. The van der Waals surface area contributed by atoms with Crippen LogP contribution in [0, 0.1) is 5.92 Å². The van der Waals surface area contributed by atoms with E-state index in [0.717, 1.165) is 12.3 Å². The molecule has 1 aliphatic heterocycles. The van der Waals surface area contributed by atoms with Crippen LogP contribution in [0.25, 0.3) is 0 Å². The molecule has 1 saturated heterocycles. The van der Waals surface area contributed by atoms with E-state index in [4.69, 9.17) is 4.42 Å². The molecule has 1 unspecified atom stereocenters. The van der Waals surface area contributed by atoms with E-state index in [-0.39, 0.29) is 17.6 Å². The molecule has 1 aliphatic carbocycles. The molecule has 0 aromatic carbocycles. The normalized spacial score (nSPS) is 19.1. The average molecular weight is 375 g/mol. The van der Waals surface area contributed by atoms with E-state index >= 15 is 0 Å². The van der Waals surface area contributed by atoms with Crippen molar-refractivity contribution in [3.05, 3.63) is 24.2 Å². The summed E-state index contributed by atoms with van der Waals surface area (Å²) in [5, 5.41) is 2.66. The van der Waals surface area contributed by atoms with Crippen molar-refractivity contribution in [2.45, 2.75) is 51.5 Å². The Kier molecular flexibility index (Phi) is 6.53. The molecule has 1 aromatic heterocycles. The summed E-state index contributed by atoms with van der Waals surface area (Å²) in [7, 11) is 0. The van der Waals surface area contributed by atoms with Crippen molar-refractivity contribution in [1.82, 2.24) is 15.1 Å². The number of nitrogens with zero attached hydrogens (tertiary/aromatic N) is 2. The first-order chi connectivity index (χ1) is 13.0. The lowest BCUT2D eigenvalue weighted by molar-refractivity contribution is -0.140. The zero-order valence-corrected chi connectivity index (χ0v) is 16.0. The van der Waals surface area contributed by atoms with Crippen molar-refractivity contribution >= 4 is 17.7 Å². The number of hydrogen-bond donors (Lipinski definition) is 1. The molecule has 1 saturated carbocycles. The van der Waals surface area contributed by atoms with E-state index in [1.54, 1.807) is 24.0 Å². The summed E-state index contributed by atoms with van der Waals surface area (Å²) in [5.74, 6) is 0.575. The molecule has 148 valence electrons. The van der Waals surface area contributed by atoms with E-state index in [9.17, 15) is 14.4 Å². The van der Waals surface area contributed by atoms with Crippen LogP contribution in [0.15, 0.2) is 22.8 Å². The molecule has 3 rings (SSSR count). The molecule has 1 atom stereocenters. The highest BCUT2D eigenvalue weighted by Gasteiger charge is 2.28. The molecule has 0 spiro atoms. The minimum atomic E-state index is -0.632. The van der Waals surface area contributed by atoms with Gasteiger partial charge in [-0.2, -0.15) is 0 Å². The van der Waals surface area contributed by atoms with Gasteiger partial charge in [0.25, 0.3) is 5.91 Å². The Morgan fingerprint density at radius 1 is 1.15 bits per heavy atom. The Labute approximate surface area is 160 Å². The smallest absolute Gasteiger partial charge is 0.287 e. The number of carbonyl (C=O) groups excluding carboxylic acids is 3. The molecular weight excluding hydrogens is 346 g/mol. The number of furan rings is 1. The molecule has 27 heavy (non-hydrogen) atoms. The van der Waals surface area contributed by atoms with Gasteiger partial charge in [0.1, 0.15) is 6.04 Å². The van der Waals surface area contributed by atoms with Crippen LogP contribution >= 0.6 is 0 Å². The van der Waals surface area contributed by atoms with Gasteiger partial charge in [-0.25, -0.2) is 0 Å². The molecular formula is C20H29N3O4. The lowest BCUT2D eigenvalue weighted by Gasteiger charge is -2.36. The number of nitrogens with one attached hydrogen (secondary N) is 1. The number of amides is 3. The first kappa shape index (κ1) is 19.5. The number of hydrogen-bond acceptors (Lipinski definition) is 4. The van der Waals surface area contributed by atoms with Gasteiger partial charge in [0.2, 0.25) is 11.8 Å². The zero-order valence-electron chi connectivity index (χ0n) is 16.0. The lowest BCUT2D eigenvalue weighted by Crippen LogP contribution is -2.55. The van der Waals surface area contributed by atoms with E-state index in [2.05, 4.69) is 5.32 Å². The third-order valence-corrected chi connectivity index (χ3v) is 5.65. The van der Waals surface area contributed by atoms with Gasteiger partial charge < -0.3 is 19.5 Å². The fourth-order valence-corrected chi connectivity index (χ4v) is 3.97. The van der Waals surface area contributed by atoms with Crippen LogP contribution in [-0.2, 0) is 9.59 Å². The summed E-state index contributed by atoms with van der Waals surface area (Å²) in [5.41, 5.74) is 0. The highest BCUT2D eigenvalue weighted by Crippen LogP contribution is 2.28. The van der Waals surface area contributed by atoms with Gasteiger partial charge in [-0.15, -0.1) is 0 Å². The Balaban J connectivity index is 1.40. The minimum absolute atomic E-state index is 0.132. The van der Waals surface area contributed by atoms with Gasteiger partial charge in [0, 0.05) is 32.6 Å². The molecule has 7 nitrogen and oxygen atoms in total. The molecule has 2 aliphatic rings. The average Bonchev–Trinajstić information content (AvgIpc) is 3.39. The van der Waals surface area contributed by atoms with Crippen LogP contribution in [0.3, 0.4) is 0 Å². The predicted molar refractivity (Wildman–Crippen MR) is 100.0 cm³/mol. The first-order valence-corrected chi connectivity index (χ1v) is 9.95. The van der Waals surface area contributed by atoms with E-state index in [0.29, 0.717) is 32.6 Å². The van der Waals surface area contributed by atoms with E-state index in [1.165, 1.54) is 31.9 Å². The van der Waals surface area contributed by atoms with Crippen molar-refractivity contribution in [3.63, 3.8) is 0 Å². The Bertz CT molecular complexity index is 644. The molecule has 2 heterocycles. The number of rotatable bonds is 6. The highest BCUT2D eigenvalue weighted by molar-refractivity contribution is 5.95. The second-order valence-corrected chi connectivity index (χ2v) is 7.57. The monoisotopic (exact) mass is 375 g/mol. The summed E-state index contributed by atoms with van der Waals surface area (Å²) in [6.45, 7) is 3.81. The van der Waals surface area contributed by atoms with Gasteiger partial charge in [-0.3, -0.25) is 14.4 Å². The third kappa shape index (κ3) is 5.11. The lowest BCUT2D eigenvalue weighted by atomic mass is 10.0. The summed E-state index contributed by atoms with van der Waals surface area (Å²) in [6.07, 6.45) is 8.16. The van der Waals surface area contributed by atoms with Crippen LogP contribution in [0.1, 0.15) is 56.0 Å². The maximum atomic E-state index is 12.6. The van der Waals surface area contributed by atoms with E-state index in [1.807, 2.05) is 4.90 Å². The Morgan fingerprint density at radius 2 is 1.81 bits per heavy atom. The quantitative estimate of drug-likeness (QED) is 0.825. The van der Waals surface area contributed by atoms with Gasteiger partial charge in [-0.05, 0) is 31.4 Å². The molecule has 0 radical (unpaired) electrons. The second kappa shape index (κ2) is 9.06. The largest absolute Gasteiger partial charge is 0.459 e. The van der Waals surface area contributed by atoms with Crippen LogP contribution in [-0.4, -0.2) is 59.7 Å². The summed E-state index contributed by atoms with van der Waals surface area (Å²) in [6, 6.07) is 2.56.